The molecule has 0 amide bonds. The number of aromatic carboxylic acids is 1. The van der Waals surface area contributed by atoms with Crippen LogP contribution >= 0.6 is 0 Å². The van der Waals surface area contributed by atoms with E-state index in [0.717, 1.165) is 25.3 Å². The van der Waals surface area contributed by atoms with Crippen molar-refractivity contribution in [2.75, 3.05) is 19.0 Å². The molecule has 98 valence electrons. The molecule has 0 atom stereocenters. The third-order valence-electron chi connectivity index (χ3n) is 3.51. The molecule has 2 N–H and O–H groups in total. The van der Waals surface area contributed by atoms with Crippen LogP contribution in [0.4, 0.5) is 10.1 Å². The van der Waals surface area contributed by atoms with Gasteiger partial charge < -0.3 is 15.2 Å². The van der Waals surface area contributed by atoms with Crippen molar-refractivity contribution >= 4 is 11.7 Å². The van der Waals surface area contributed by atoms with Crippen molar-refractivity contribution in [3.8, 4) is 0 Å². The molecule has 1 fully saturated rings. The van der Waals surface area contributed by atoms with E-state index in [0.29, 0.717) is 12.2 Å². The summed E-state index contributed by atoms with van der Waals surface area (Å²) in [5.74, 6) is -1.69. The Morgan fingerprint density at radius 2 is 2.28 bits per heavy atom. The summed E-state index contributed by atoms with van der Waals surface area (Å²) in [5.41, 5.74) is 0.164. The molecule has 1 saturated carbocycles. The molecule has 1 aromatic carbocycles. The van der Waals surface area contributed by atoms with E-state index < -0.39 is 11.8 Å². The number of ether oxygens (including phenoxy) is 1. The molecular weight excluding hydrogens is 237 g/mol. The van der Waals surface area contributed by atoms with Crippen LogP contribution in [0, 0.1) is 5.82 Å². The minimum atomic E-state index is -1.14. The van der Waals surface area contributed by atoms with Crippen LogP contribution in [-0.2, 0) is 4.74 Å². The molecule has 2 rings (SSSR count). The molecule has 0 unspecified atom stereocenters. The SMILES string of the molecule is COC1(CNc2ccc(F)cc2C(=O)O)CCC1. The lowest BCUT2D eigenvalue weighted by Gasteiger charge is -2.40. The van der Waals surface area contributed by atoms with Crippen LogP contribution in [0.25, 0.3) is 0 Å². The normalized spacial score (nSPS) is 17.0. The van der Waals surface area contributed by atoms with E-state index in [9.17, 15) is 9.18 Å². The highest BCUT2D eigenvalue weighted by atomic mass is 19.1. The van der Waals surface area contributed by atoms with Crippen molar-refractivity contribution < 1.29 is 19.0 Å². The van der Waals surface area contributed by atoms with Crippen molar-refractivity contribution in [2.45, 2.75) is 24.9 Å². The summed E-state index contributed by atoms with van der Waals surface area (Å²) in [5, 5.41) is 12.1. The van der Waals surface area contributed by atoms with Gasteiger partial charge in [-0.1, -0.05) is 0 Å². The Hall–Kier alpha value is -1.62. The number of halogens is 1. The number of anilines is 1. The zero-order valence-electron chi connectivity index (χ0n) is 10.2. The third-order valence-corrected chi connectivity index (χ3v) is 3.51. The van der Waals surface area contributed by atoms with E-state index in [1.165, 1.54) is 12.1 Å². The van der Waals surface area contributed by atoms with Crippen molar-refractivity contribution in [3.63, 3.8) is 0 Å². The lowest BCUT2D eigenvalue weighted by atomic mass is 9.80. The Morgan fingerprint density at radius 1 is 1.56 bits per heavy atom. The number of benzene rings is 1. The second-order valence-electron chi connectivity index (χ2n) is 4.59. The Kier molecular flexibility index (Phi) is 3.52. The number of carboxylic acids is 1. The highest BCUT2D eigenvalue weighted by molar-refractivity contribution is 5.94. The first kappa shape index (κ1) is 12.8. The summed E-state index contributed by atoms with van der Waals surface area (Å²) in [6.45, 7) is 0.537. The fraction of sp³-hybridized carbons (Fsp3) is 0.462. The Balaban J connectivity index is 2.11. The van der Waals surface area contributed by atoms with Crippen molar-refractivity contribution in [3.05, 3.63) is 29.6 Å². The van der Waals surface area contributed by atoms with Gasteiger partial charge in [0.25, 0.3) is 0 Å². The van der Waals surface area contributed by atoms with Gasteiger partial charge in [-0.2, -0.15) is 0 Å². The van der Waals surface area contributed by atoms with Gasteiger partial charge in [-0.25, -0.2) is 9.18 Å². The standard InChI is InChI=1S/C13H16FNO3/c1-18-13(5-2-6-13)8-15-11-4-3-9(14)7-10(11)12(16)17/h3-4,7,15H,2,5-6,8H2,1H3,(H,16,17). The molecule has 1 aromatic rings. The van der Waals surface area contributed by atoms with Crippen LogP contribution in [0.15, 0.2) is 18.2 Å². The van der Waals surface area contributed by atoms with E-state index in [-0.39, 0.29) is 11.2 Å². The number of carbonyl (C=O) groups is 1. The first-order chi connectivity index (χ1) is 8.56. The number of hydrogen-bond donors (Lipinski definition) is 2. The van der Waals surface area contributed by atoms with E-state index in [4.69, 9.17) is 9.84 Å². The van der Waals surface area contributed by atoms with Gasteiger partial charge in [-0.3, -0.25) is 0 Å². The van der Waals surface area contributed by atoms with Crippen molar-refractivity contribution in [1.82, 2.24) is 0 Å². The van der Waals surface area contributed by atoms with Gasteiger partial charge in [0.15, 0.2) is 0 Å². The van der Waals surface area contributed by atoms with Gasteiger partial charge in [-0.15, -0.1) is 0 Å². The average molecular weight is 253 g/mol. The van der Waals surface area contributed by atoms with E-state index in [2.05, 4.69) is 5.32 Å². The maximum atomic E-state index is 13.0. The molecule has 0 saturated heterocycles. The predicted octanol–water partition coefficient (Wildman–Crippen LogP) is 2.50. The zero-order valence-corrected chi connectivity index (χ0v) is 10.2. The Bertz CT molecular complexity index is 452. The second kappa shape index (κ2) is 4.94. The molecule has 1 aliphatic rings. The summed E-state index contributed by atoms with van der Waals surface area (Å²) >= 11 is 0. The summed E-state index contributed by atoms with van der Waals surface area (Å²) in [6, 6.07) is 3.71. The molecule has 5 heteroatoms. The van der Waals surface area contributed by atoms with Gasteiger partial charge in [-0.05, 0) is 37.5 Å². The zero-order chi connectivity index (χ0) is 13.2. The van der Waals surface area contributed by atoms with Gasteiger partial charge in [0.1, 0.15) is 5.82 Å². The van der Waals surface area contributed by atoms with Crippen LogP contribution in [0.5, 0.6) is 0 Å². The molecule has 0 heterocycles. The van der Waals surface area contributed by atoms with Crippen molar-refractivity contribution in [1.29, 1.82) is 0 Å². The monoisotopic (exact) mass is 253 g/mol. The Labute approximate surface area is 105 Å². The summed E-state index contributed by atoms with van der Waals surface area (Å²) < 4.78 is 18.4. The molecule has 0 aromatic heterocycles. The number of nitrogens with one attached hydrogen (secondary N) is 1. The quantitative estimate of drug-likeness (QED) is 0.846. The van der Waals surface area contributed by atoms with E-state index in [1.807, 2.05) is 0 Å². The topological polar surface area (TPSA) is 58.6 Å². The van der Waals surface area contributed by atoms with Gasteiger partial charge in [0, 0.05) is 19.3 Å². The third kappa shape index (κ3) is 2.46. The molecule has 0 spiro atoms. The number of methoxy groups -OCH3 is 1. The van der Waals surface area contributed by atoms with Crippen LogP contribution < -0.4 is 5.32 Å². The first-order valence-electron chi connectivity index (χ1n) is 5.88. The maximum Gasteiger partial charge on any atom is 0.337 e. The highest BCUT2D eigenvalue weighted by Gasteiger charge is 2.36. The molecule has 0 radical (unpaired) electrons. The summed E-state index contributed by atoms with van der Waals surface area (Å²) in [7, 11) is 1.66. The fourth-order valence-corrected chi connectivity index (χ4v) is 2.13. The molecule has 1 aliphatic carbocycles. The second-order valence-corrected chi connectivity index (χ2v) is 4.59. The van der Waals surface area contributed by atoms with E-state index in [1.54, 1.807) is 7.11 Å². The molecule has 0 bridgehead atoms. The fourth-order valence-electron chi connectivity index (χ4n) is 2.13. The first-order valence-corrected chi connectivity index (χ1v) is 5.88. The number of hydrogen-bond acceptors (Lipinski definition) is 3. The predicted molar refractivity (Wildman–Crippen MR) is 65.4 cm³/mol. The average Bonchev–Trinajstić information content (AvgIpc) is 2.29. The van der Waals surface area contributed by atoms with Crippen LogP contribution in [0.1, 0.15) is 29.6 Å². The van der Waals surface area contributed by atoms with Gasteiger partial charge >= 0.3 is 5.97 Å². The number of carboxylic acid groups (broad SMARTS) is 1. The lowest BCUT2D eigenvalue weighted by molar-refractivity contribution is -0.0601. The Morgan fingerprint density at radius 3 is 2.78 bits per heavy atom. The lowest BCUT2D eigenvalue weighted by Crippen LogP contribution is -2.45. The minimum absolute atomic E-state index is 0.0550. The van der Waals surface area contributed by atoms with E-state index >= 15 is 0 Å². The van der Waals surface area contributed by atoms with Crippen LogP contribution in [0.3, 0.4) is 0 Å². The minimum Gasteiger partial charge on any atom is -0.478 e. The summed E-state index contributed by atoms with van der Waals surface area (Å²) in [4.78, 5) is 11.0. The van der Waals surface area contributed by atoms with Crippen molar-refractivity contribution in [2.24, 2.45) is 0 Å². The number of rotatable bonds is 5. The smallest absolute Gasteiger partial charge is 0.337 e. The molecule has 0 aliphatic heterocycles. The van der Waals surface area contributed by atoms with Crippen LogP contribution in [-0.4, -0.2) is 30.3 Å². The summed E-state index contributed by atoms with van der Waals surface area (Å²) in [6.07, 6.45) is 3.03. The maximum absolute atomic E-state index is 13.0. The molecule has 18 heavy (non-hydrogen) atoms. The molecular formula is C13H16FNO3. The van der Waals surface area contributed by atoms with Gasteiger partial charge in [0.05, 0.1) is 11.2 Å². The van der Waals surface area contributed by atoms with Gasteiger partial charge in [0.2, 0.25) is 0 Å². The largest absolute Gasteiger partial charge is 0.478 e. The highest BCUT2D eigenvalue weighted by Crippen LogP contribution is 2.35. The molecule has 4 nitrogen and oxygen atoms in total. The van der Waals surface area contributed by atoms with Crippen LogP contribution in [0.2, 0.25) is 0 Å².